The van der Waals surface area contributed by atoms with Crippen LogP contribution in [0.1, 0.15) is 39.1 Å². The number of hydrogen-bond acceptors (Lipinski definition) is 3. The fraction of sp³-hybridized carbons (Fsp3) is 0.812. The van der Waals surface area contributed by atoms with E-state index in [1.807, 2.05) is 0 Å². The van der Waals surface area contributed by atoms with Gasteiger partial charge in [0.2, 0.25) is 0 Å². The molecule has 1 aromatic heterocycles. The van der Waals surface area contributed by atoms with Gasteiger partial charge in [0.05, 0.1) is 12.3 Å². The molecule has 1 rings (SSSR count). The van der Waals surface area contributed by atoms with Crippen LogP contribution in [0.15, 0.2) is 6.07 Å². The number of hydrogen-bond donors (Lipinski definition) is 1. The van der Waals surface area contributed by atoms with Crippen molar-refractivity contribution in [2.24, 2.45) is 11.3 Å². The van der Waals surface area contributed by atoms with Crippen molar-refractivity contribution in [3.8, 4) is 0 Å². The first-order valence-electron chi connectivity index (χ1n) is 7.61. The van der Waals surface area contributed by atoms with E-state index in [1.54, 1.807) is 7.11 Å². The lowest BCUT2D eigenvalue weighted by atomic mass is 9.78. The van der Waals surface area contributed by atoms with Gasteiger partial charge < -0.3 is 10.1 Å². The van der Waals surface area contributed by atoms with Crippen LogP contribution in [-0.2, 0) is 17.7 Å². The second kappa shape index (κ2) is 7.79. The third-order valence-electron chi connectivity index (χ3n) is 3.84. The highest BCUT2D eigenvalue weighted by molar-refractivity contribution is 5.10. The fourth-order valence-electron chi connectivity index (χ4n) is 2.42. The van der Waals surface area contributed by atoms with Crippen molar-refractivity contribution in [1.82, 2.24) is 15.1 Å². The number of aryl methyl sites for hydroxylation is 2. The van der Waals surface area contributed by atoms with Crippen molar-refractivity contribution in [2.75, 3.05) is 26.8 Å². The number of methoxy groups -OCH3 is 1. The minimum atomic E-state index is 0.275. The van der Waals surface area contributed by atoms with Gasteiger partial charge in [-0.15, -0.1) is 0 Å². The highest BCUT2D eigenvalue weighted by Gasteiger charge is 2.25. The Morgan fingerprint density at radius 1 is 1.40 bits per heavy atom. The first-order valence-corrected chi connectivity index (χ1v) is 7.61. The summed E-state index contributed by atoms with van der Waals surface area (Å²) in [5.74, 6) is 0.584. The molecule has 4 nitrogen and oxygen atoms in total. The average molecular weight is 281 g/mol. The maximum Gasteiger partial charge on any atom is 0.0596 e. The molecule has 0 spiro atoms. The summed E-state index contributed by atoms with van der Waals surface area (Å²) in [5.41, 5.74) is 2.73. The largest absolute Gasteiger partial charge is 0.383 e. The molecule has 1 atom stereocenters. The Kier molecular flexibility index (Phi) is 6.69. The van der Waals surface area contributed by atoms with Crippen molar-refractivity contribution in [1.29, 1.82) is 0 Å². The summed E-state index contributed by atoms with van der Waals surface area (Å²) in [6.45, 7) is 14.8. The molecule has 4 heteroatoms. The highest BCUT2D eigenvalue weighted by atomic mass is 16.5. The monoisotopic (exact) mass is 281 g/mol. The molecule has 0 aliphatic carbocycles. The molecule has 0 aliphatic rings. The van der Waals surface area contributed by atoms with Gasteiger partial charge >= 0.3 is 0 Å². The summed E-state index contributed by atoms with van der Waals surface area (Å²) < 4.78 is 7.22. The van der Waals surface area contributed by atoms with Gasteiger partial charge in [-0.3, -0.25) is 4.68 Å². The molecule has 0 bridgehead atoms. The van der Waals surface area contributed by atoms with Crippen LogP contribution in [0, 0.1) is 18.3 Å². The van der Waals surface area contributed by atoms with E-state index in [2.05, 4.69) is 55.8 Å². The highest BCUT2D eigenvalue weighted by Crippen LogP contribution is 2.28. The lowest BCUT2D eigenvalue weighted by Crippen LogP contribution is -2.35. The molecule has 116 valence electrons. The maximum atomic E-state index is 5.09. The quantitative estimate of drug-likeness (QED) is 0.745. The third-order valence-corrected chi connectivity index (χ3v) is 3.84. The predicted octanol–water partition coefficient (Wildman–Crippen LogP) is 2.65. The van der Waals surface area contributed by atoms with Gasteiger partial charge in [-0.1, -0.05) is 20.8 Å². The van der Waals surface area contributed by atoms with Crippen molar-refractivity contribution in [2.45, 2.75) is 47.6 Å². The summed E-state index contributed by atoms with van der Waals surface area (Å²) >= 11 is 0. The fourth-order valence-corrected chi connectivity index (χ4v) is 2.42. The minimum Gasteiger partial charge on any atom is -0.383 e. The van der Waals surface area contributed by atoms with Crippen molar-refractivity contribution < 1.29 is 4.74 Å². The smallest absolute Gasteiger partial charge is 0.0596 e. The van der Waals surface area contributed by atoms with Gasteiger partial charge in [0, 0.05) is 25.9 Å². The molecule has 0 radical (unpaired) electrons. The Morgan fingerprint density at radius 2 is 2.10 bits per heavy atom. The Morgan fingerprint density at radius 3 is 2.65 bits per heavy atom. The van der Waals surface area contributed by atoms with E-state index in [4.69, 9.17) is 4.74 Å². The zero-order chi connectivity index (χ0) is 15.2. The number of rotatable bonds is 8. The van der Waals surface area contributed by atoms with E-state index < -0.39 is 0 Å². The first-order chi connectivity index (χ1) is 9.38. The second-order valence-corrected chi connectivity index (χ2v) is 6.56. The standard InChI is InChI=1S/C16H31N3O/c1-7-19-15(10-13(2)18-19)11-14(16(3,4)5)12-17-8-9-20-6/h10,14,17H,7-9,11-12H2,1-6H3. The lowest BCUT2D eigenvalue weighted by molar-refractivity contribution is 0.185. The molecule has 1 heterocycles. The van der Waals surface area contributed by atoms with Gasteiger partial charge in [-0.2, -0.15) is 5.10 Å². The third kappa shape index (κ3) is 5.25. The van der Waals surface area contributed by atoms with E-state index in [1.165, 1.54) is 5.69 Å². The second-order valence-electron chi connectivity index (χ2n) is 6.56. The van der Waals surface area contributed by atoms with E-state index in [-0.39, 0.29) is 5.41 Å². The average Bonchev–Trinajstić information content (AvgIpc) is 2.72. The molecule has 0 aliphatic heterocycles. The number of nitrogens with zero attached hydrogens (tertiary/aromatic N) is 2. The molecule has 1 aromatic rings. The normalized spacial score (nSPS) is 13.7. The van der Waals surface area contributed by atoms with Crippen LogP contribution in [0.4, 0.5) is 0 Å². The molecular formula is C16H31N3O. The van der Waals surface area contributed by atoms with Gasteiger partial charge in [0.15, 0.2) is 0 Å². The van der Waals surface area contributed by atoms with Crippen LogP contribution in [0.25, 0.3) is 0 Å². The summed E-state index contributed by atoms with van der Waals surface area (Å²) in [7, 11) is 1.74. The van der Waals surface area contributed by atoms with E-state index in [9.17, 15) is 0 Å². The van der Waals surface area contributed by atoms with Crippen molar-refractivity contribution >= 4 is 0 Å². The van der Waals surface area contributed by atoms with Gasteiger partial charge in [-0.05, 0) is 44.2 Å². The molecular weight excluding hydrogens is 250 g/mol. The summed E-state index contributed by atoms with van der Waals surface area (Å²) in [4.78, 5) is 0. The minimum absolute atomic E-state index is 0.275. The molecule has 0 saturated heterocycles. The van der Waals surface area contributed by atoms with E-state index in [0.717, 1.165) is 38.4 Å². The predicted molar refractivity (Wildman–Crippen MR) is 84.0 cm³/mol. The zero-order valence-electron chi connectivity index (χ0n) is 14.0. The van der Waals surface area contributed by atoms with E-state index >= 15 is 0 Å². The molecule has 1 unspecified atom stereocenters. The Balaban J connectivity index is 2.69. The summed E-state index contributed by atoms with van der Waals surface area (Å²) in [6.07, 6.45) is 1.07. The van der Waals surface area contributed by atoms with Crippen LogP contribution in [0.2, 0.25) is 0 Å². The van der Waals surface area contributed by atoms with Gasteiger partial charge in [0.25, 0.3) is 0 Å². The molecule has 20 heavy (non-hydrogen) atoms. The molecule has 0 amide bonds. The van der Waals surface area contributed by atoms with Crippen LogP contribution < -0.4 is 5.32 Å². The Bertz CT molecular complexity index is 393. The first kappa shape index (κ1) is 17.2. The van der Waals surface area contributed by atoms with Gasteiger partial charge in [-0.25, -0.2) is 0 Å². The topological polar surface area (TPSA) is 39.1 Å². The van der Waals surface area contributed by atoms with E-state index in [0.29, 0.717) is 5.92 Å². The van der Waals surface area contributed by atoms with Crippen molar-refractivity contribution in [3.05, 3.63) is 17.5 Å². The lowest BCUT2D eigenvalue weighted by Gasteiger charge is -2.31. The number of aromatic nitrogens is 2. The van der Waals surface area contributed by atoms with Crippen LogP contribution in [-0.4, -0.2) is 36.6 Å². The Labute approximate surface area is 123 Å². The SMILES string of the molecule is CCn1nc(C)cc1CC(CNCCOC)C(C)(C)C. The van der Waals surface area contributed by atoms with Crippen LogP contribution in [0.3, 0.4) is 0 Å². The molecule has 0 fully saturated rings. The maximum absolute atomic E-state index is 5.09. The van der Waals surface area contributed by atoms with Gasteiger partial charge in [0.1, 0.15) is 0 Å². The molecule has 0 saturated carbocycles. The molecule has 1 N–H and O–H groups in total. The zero-order valence-corrected chi connectivity index (χ0v) is 14.0. The van der Waals surface area contributed by atoms with Crippen LogP contribution >= 0.6 is 0 Å². The van der Waals surface area contributed by atoms with Crippen molar-refractivity contribution in [3.63, 3.8) is 0 Å². The summed E-state index contributed by atoms with van der Waals surface area (Å²) in [6, 6.07) is 2.22. The summed E-state index contributed by atoms with van der Waals surface area (Å²) in [5, 5.41) is 8.05. The number of nitrogens with one attached hydrogen (secondary N) is 1. The number of ether oxygens (including phenoxy) is 1. The molecule has 0 aromatic carbocycles. The Hall–Kier alpha value is -0.870. The van der Waals surface area contributed by atoms with Crippen LogP contribution in [0.5, 0.6) is 0 Å².